The molecule has 0 N–H and O–H groups in total. The van der Waals surface area contributed by atoms with Gasteiger partial charge in [-0.15, -0.1) is 0 Å². The van der Waals surface area contributed by atoms with Crippen molar-refractivity contribution >= 4 is 0 Å². The van der Waals surface area contributed by atoms with Crippen LogP contribution in [-0.4, -0.2) is 0 Å². The number of benzene rings is 5. The van der Waals surface area contributed by atoms with Gasteiger partial charge in [0.25, 0.3) is 0 Å². The van der Waals surface area contributed by atoms with Gasteiger partial charge < -0.3 is 0 Å². The van der Waals surface area contributed by atoms with E-state index in [9.17, 15) is 0 Å². The monoisotopic (exact) mass is 424 g/mol. The van der Waals surface area contributed by atoms with Crippen molar-refractivity contribution in [2.45, 2.75) is 19.8 Å². The van der Waals surface area contributed by atoms with Crippen LogP contribution in [0.15, 0.2) is 127 Å². The molecule has 0 heteroatoms. The Balaban J connectivity index is 1.58. The summed E-state index contributed by atoms with van der Waals surface area (Å²) in [6, 6.07) is 46.0. The maximum absolute atomic E-state index is 2.31. The van der Waals surface area contributed by atoms with Crippen molar-refractivity contribution in [3.63, 3.8) is 0 Å². The van der Waals surface area contributed by atoms with E-state index in [1.165, 1.54) is 50.1 Å². The Morgan fingerprint density at radius 2 is 0.636 bits per heavy atom. The van der Waals surface area contributed by atoms with Crippen molar-refractivity contribution in [2.24, 2.45) is 0 Å². The van der Waals surface area contributed by atoms with Crippen LogP contribution in [0.5, 0.6) is 0 Å². The summed E-state index contributed by atoms with van der Waals surface area (Å²) in [6.07, 6.45) is 0. The lowest BCUT2D eigenvalue weighted by atomic mass is 9.92. The molecule has 0 aromatic heterocycles. The first-order chi connectivity index (χ1) is 16.2. The van der Waals surface area contributed by atoms with Gasteiger partial charge in [-0.2, -0.15) is 0 Å². The molecule has 5 rings (SSSR count). The van der Waals surface area contributed by atoms with E-state index in [0.717, 1.165) is 0 Å². The molecule has 0 radical (unpaired) electrons. The molecule has 0 aliphatic carbocycles. The third-order valence-corrected chi connectivity index (χ3v) is 6.28. The molecule has 0 saturated carbocycles. The minimum absolute atomic E-state index is 0.536. The Kier molecular flexibility index (Phi) is 5.91. The van der Waals surface area contributed by atoms with Crippen LogP contribution in [0.1, 0.15) is 25.3 Å². The van der Waals surface area contributed by atoms with E-state index in [-0.39, 0.29) is 0 Å². The largest absolute Gasteiger partial charge is 0.0622 e. The van der Waals surface area contributed by atoms with Gasteiger partial charge in [-0.05, 0) is 74.2 Å². The fraction of sp³-hybridized carbons (Fsp3) is 0.0909. The summed E-state index contributed by atoms with van der Waals surface area (Å²) >= 11 is 0. The van der Waals surface area contributed by atoms with Crippen LogP contribution in [0.2, 0.25) is 0 Å². The molecule has 0 aliphatic rings. The predicted octanol–water partition coefficient (Wildman–Crippen LogP) is 9.48. The van der Waals surface area contributed by atoms with Gasteiger partial charge in [-0.3, -0.25) is 0 Å². The lowest BCUT2D eigenvalue weighted by Crippen LogP contribution is -1.89. The fourth-order valence-electron chi connectivity index (χ4n) is 4.30. The molecule has 0 unspecified atom stereocenters. The molecular weight excluding hydrogens is 396 g/mol. The van der Waals surface area contributed by atoms with Crippen molar-refractivity contribution in [3.8, 4) is 44.5 Å². The SMILES string of the molecule is CC(C)c1ccc(-c2cc(-c3ccccc3)cc(-c3ccc(-c4ccccc4)cc3)c2)cc1. The highest BCUT2D eigenvalue weighted by Gasteiger charge is 2.09. The second-order valence-electron chi connectivity index (χ2n) is 8.89. The van der Waals surface area contributed by atoms with Crippen molar-refractivity contribution in [3.05, 3.63) is 133 Å². The molecular formula is C33H28. The molecule has 5 aromatic rings. The van der Waals surface area contributed by atoms with Gasteiger partial charge in [-0.1, -0.05) is 123 Å². The summed E-state index contributed by atoms with van der Waals surface area (Å²) in [5.74, 6) is 0.536. The van der Waals surface area contributed by atoms with E-state index < -0.39 is 0 Å². The predicted molar refractivity (Wildman–Crippen MR) is 142 cm³/mol. The molecule has 0 saturated heterocycles. The zero-order chi connectivity index (χ0) is 22.6. The molecule has 0 amide bonds. The molecule has 0 fully saturated rings. The van der Waals surface area contributed by atoms with Crippen LogP contribution in [-0.2, 0) is 0 Å². The molecule has 0 nitrogen and oxygen atoms in total. The number of hydrogen-bond donors (Lipinski definition) is 0. The summed E-state index contributed by atoms with van der Waals surface area (Å²) in [5, 5.41) is 0. The van der Waals surface area contributed by atoms with Crippen LogP contribution in [0.3, 0.4) is 0 Å². The summed E-state index contributed by atoms with van der Waals surface area (Å²) < 4.78 is 0. The van der Waals surface area contributed by atoms with E-state index in [2.05, 4.69) is 141 Å². The van der Waals surface area contributed by atoms with Gasteiger partial charge in [-0.25, -0.2) is 0 Å². The van der Waals surface area contributed by atoms with Gasteiger partial charge in [0.05, 0.1) is 0 Å². The maximum atomic E-state index is 2.31. The zero-order valence-electron chi connectivity index (χ0n) is 19.2. The van der Waals surface area contributed by atoms with Gasteiger partial charge in [0.15, 0.2) is 0 Å². The molecule has 33 heavy (non-hydrogen) atoms. The Labute approximate surface area is 197 Å². The fourth-order valence-corrected chi connectivity index (χ4v) is 4.30. The summed E-state index contributed by atoms with van der Waals surface area (Å²) in [7, 11) is 0. The number of rotatable bonds is 5. The van der Waals surface area contributed by atoms with E-state index in [0.29, 0.717) is 5.92 Å². The zero-order valence-corrected chi connectivity index (χ0v) is 19.2. The van der Waals surface area contributed by atoms with Crippen molar-refractivity contribution < 1.29 is 0 Å². The van der Waals surface area contributed by atoms with Crippen LogP contribution >= 0.6 is 0 Å². The highest BCUT2D eigenvalue weighted by atomic mass is 14.1. The van der Waals surface area contributed by atoms with Crippen molar-refractivity contribution in [1.29, 1.82) is 0 Å². The van der Waals surface area contributed by atoms with Gasteiger partial charge in [0.1, 0.15) is 0 Å². The third-order valence-electron chi connectivity index (χ3n) is 6.28. The van der Waals surface area contributed by atoms with E-state index in [4.69, 9.17) is 0 Å². The van der Waals surface area contributed by atoms with E-state index >= 15 is 0 Å². The standard InChI is InChI=1S/C33H28/c1-24(2)25-13-15-29(16-14-25)32-21-31(27-11-7-4-8-12-27)22-33(23-32)30-19-17-28(18-20-30)26-9-5-3-6-10-26/h3-24H,1-2H3. The molecule has 0 bridgehead atoms. The topological polar surface area (TPSA) is 0 Å². The molecule has 0 heterocycles. The highest BCUT2D eigenvalue weighted by Crippen LogP contribution is 2.34. The first kappa shape index (κ1) is 21.0. The van der Waals surface area contributed by atoms with Crippen LogP contribution < -0.4 is 0 Å². The molecule has 0 spiro atoms. The van der Waals surface area contributed by atoms with Crippen LogP contribution in [0.25, 0.3) is 44.5 Å². The molecule has 5 aromatic carbocycles. The van der Waals surface area contributed by atoms with Crippen LogP contribution in [0, 0.1) is 0 Å². The van der Waals surface area contributed by atoms with E-state index in [1.807, 2.05) is 0 Å². The minimum atomic E-state index is 0.536. The summed E-state index contributed by atoms with van der Waals surface area (Å²) in [6.45, 7) is 4.48. The van der Waals surface area contributed by atoms with Gasteiger partial charge >= 0.3 is 0 Å². The first-order valence-electron chi connectivity index (χ1n) is 11.6. The Morgan fingerprint density at radius 3 is 1.03 bits per heavy atom. The Hall–Kier alpha value is -3.90. The van der Waals surface area contributed by atoms with Gasteiger partial charge in [0, 0.05) is 0 Å². The molecule has 0 aliphatic heterocycles. The average molecular weight is 425 g/mol. The quantitative estimate of drug-likeness (QED) is 0.263. The Bertz CT molecular complexity index is 1330. The minimum Gasteiger partial charge on any atom is -0.0622 e. The lowest BCUT2D eigenvalue weighted by Gasteiger charge is -2.13. The highest BCUT2D eigenvalue weighted by molar-refractivity contribution is 5.82. The normalized spacial score (nSPS) is 11.0. The second kappa shape index (κ2) is 9.30. The third kappa shape index (κ3) is 4.66. The van der Waals surface area contributed by atoms with Crippen molar-refractivity contribution in [1.82, 2.24) is 0 Å². The summed E-state index contributed by atoms with van der Waals surface area (Å²) in [5.41, 5.74) is 11.3. The first-order valence-corrected chi connectivity index (χ1v) is 11.6. The maximum Gasteiger partial charge on any atom is -0.0172 e. The second-order valence-corrected chi connectivity index (χ2v) is 8.89. The molecule has 0 atom stereocenters. The van der Waals surface area contributed by atoms with Gasteiger partial charge in [0.2, 0.25) is 0 Å². The summed E-state index contributed by atoms with van der Waals surface area (Å²) in [4.78, 5) is 0. The van der Waals surface area contributed by atoms with E-state index in [1.54, 1.807) is 0 Å². The van der Waals surface area contributed by atoms with Crippen molar-refractivity contribution in [2.75, 3.05) is 0 Å². The lowest BCUT2D eigenvalue weighted by molar-refractivity contribution is 0.867. The van der Waals surface area contributed by atoms with Crippen LogP contribution in [0.4, 0.5) is 0 Å². The average Bonchev–Trinajstić information content (AvgIpc) is 2.89. The number of hydrogen-bond acceptors (Lipinski definition) is 0. The smallest absolute Gasteiger partial charge is 0.0172 e. The molecule has 160 valence electrons. The Morgan fingerprint density at radius 1 is 0.333 bits per heavy atom.